The Bertz CT molecular complexity index is 946. The van der Waals surface area contributed by atoms with Crippen molar-refractivity contribution in [2.75, 3.05) is 0 Å². The van der Waals surface area contributed by atoms with E-state index >= 15 is 0 Å². The van der Waals surface area contributed by atoms with Crippen LogP contribution in [0.25, 0.3) is 16.1 Å². The van der Waals surface area contributed by atoms with Gasteiger partial charge in [-0.3, -0.25) is 0 Å². The van der Waals surface area contributed by atoms with Gasteiger partial charge in [-0.15, -0.1) is 13.2 Å². The monoisotopic (exact) mass is 716 g/mol. The minimum absolute atomic E-state index is 0.167. The van der Waals surface area contributed by atoms with Crippen molar-refractivity contribution in [3.8, 4) is 16.9 Å². The van der Waals surface area contributed by atoms with Crippen molar-refractivity contribution < 1.29 is 48.9 Å². The Balaban J connectivity index is 0.000000611. The SMILES string of the molecule is N#[N+]c1ccccc1-c1ccccc1OC(F)(F)F.[F][Sb-]([F])([F])([F])([F])[F].[F][Sb]([F])([F])([F])[F]. The quantitative estimate of drug-likeness (QED) is 0.177. The number of alkyl halides is 3. The van der Waals surface area contributed by atoms with Crippen molar-refractivity contribution in [2.45, 2.75) is 6.36 Å². The topological polar surface area (TPSA) is 37.4 Å². The van der Waals surface area contributed by atoms with Gasteiger partial charge >= 0.3 is 82.8 Å². The maximum atomic E-state index is 12.3. The number of halogens is 14. The van der Waals surface area contributed by atoms with E-state index in [1.807, 2.05) is 0 Å². The van der Waals surface area contributed by atoms with Crippen LogP contribution in [-0.2, 0) is 0 Å². The number of hydrogen-bond acceptors (Lipinski definition) is 2. The van der Waals surface area contributed by atoms with E-state index in [0.29, 0.717) is 5.56 Å². The molecule has 0 radical (unpaired) electrons. The van der Waals surface area contributed by atoms with Crippen LogP contribution in [0, 0.1) is 5.39 Å². The predicted octanol–water partition coefficient (Wildman–Crippen LogP) is 8.60. The van der Waals surface area contributed by atoms with Gasteiger partial charge in [-0.2, -0.15) is 0 Å². The molecule has 2 rings (SSSR count). The summed E-state index contributed by atoms with van der Waals surface area (Å²) >= 11 is -20.4. The molecule has 0 unspecified atom stereocenters. The first-order valence-electron chi connectivity index (χ1n) is 7.16. The van der Waals surface area contributed by atoms with Crippen LogP contribution in [0.15, 0.2) is 48.5 Å². The first-order valence-corrected chi connectivity index (χ1v) is 17.8. The zero-order valence-corrected chi connectivity index (χ0v) is 19.7. The Morgan fingerprint density at radius 2 is 1.06 bits per heavy atom. The van der Waals surface area contributed by atoms with Crippen LogP contribution in [0.5, 0.6) is 5.75 Å². The fraction of sp³-hybridized carbons (Fsp3) is 0.0769. The maximum absolute atomic E-state index is 12.3. The van der Waals surface area contributed by atoms with Crippen LogP contribution in [0.1, 0.15) is 0 Å². The van der Waals surface area contributed by atoms with Crippen LogP contribution >= 0.6 is 0 Å². The van der Waals surface area contributed by atoms with Gasteiger partial charge in [0.15, 0.2) is 4.98 Å². The number of para-hydroxylation sites is 1. The number of diazo groups is 1. The molecule has 0 fully saturated rings. The summed E-state index contributed by atoms with van der Waals surface area (Å²) in [5.74, 6) is -0.342. The molecule has 0 spiro atoms. The molecular weight excluding hydrogens is 710 g/mol. The first kappa shape index (κ1) is 30.3. The Labute approximate surface area is 176 Å². The van der Waals surface area contributed by atoms with Crippen LogP contribution in [-0.4, -0.2) is 46.1 Å². The molecule has 0 aromatic heterocycles. The van der Waals surface area contributed by atoms with E-state index in [0.717, 1.165) is 0 Å². The summed E-state index contributed by atoms with van der Waals surface area (Å²) in [6, 6.07) is 12.0. The molecule has 32 heavy (non-hydrogen) atoms. The molecule has 0 aliphatic rings. The molecule has 0 N–H and O–H groups in total. The van der Waals surface area contributed by atoms with E-state index in [1.165, 1.54) is 24.3 Å². The van der Waals surface area contributed by atoms with Gasteiger partial charge in [-0.25, -0.2) is 0 Å². The van der Waals surface area contributed by atoms with Crippen molar-refractivity contribution in [1.82, 2.24) is 0 Å². The molecule has 3 nitrogen and oxygen atoms in total. The minimum atomic E-state index is -11.2. The van der Waals surface area contributed by atoms with Crippen LogP contribution < -0.4 is 4.74 Å². The Kier molecular flexibility index (Phi) is 8.46. The van der Waals surface area contributed by atoms with Gasteiger partial charge in [0.05, 0.1) is 5.56 Å². The molecular formula is C13H8F14N2OSb2. The zero-order valence-electron chi connectivity index (χ0n) is 14.6. The third-order valence-corrected chi connectivity index (χ3v) is 2.41. The average molecular weight is 718 g/mol. The zero-order chi connectivity index (χ0) is 25.7. The second kappa shape index (κ2) is 8.93. The van der Waals surface area contributed by atoms with Crippen LogP contribution in [0.3, 0.4) is 0 Å². The van der Waals surface area contributed by atoms with Crippen molar-refractivity contribution in [3.63, 3.8) is 0 Å². The summed E-state index contributed by atoms with van der Waals surface area (Å²) in [6.07, 6.45) is -4.78. The summed E-state index contributed by atoms with van der Waals surface area (Å²) in [7, 11) is 0. The number of ether oxygens (including phenoxy) is 1. The number of hydrogen-bond donors (Lipinski definition) is 0. The predicted molar refractivity (Wildman–Crippen MR) is 87.0 cm³/mol. The van der Waals surface area contributed by atoms with E-state index < -0.39 is 46.1 Å². The van der Waals surface area contributed by atoms with Gasteiger partial charge in [0, 0.05) is 11.6 Å². The van der Waals surface area contributed by atoms with Crippen LogP contribution in [0.2, 0.25) is 0 Å². The first-order chi connectivity index (χ1) is 13.7. The molecule has 0 amide bonds. The normalized spacial score (nSPS) is 15.1. The summed E-state index contributed by atoms with van der Waals surface area (Å²) < 4.78 is 150. The molecule has 0 heterocycles. The molecule has 0 aliphatic carbocycles. The summed E-state index contributed by atoms with van der Waals surface area (Å²) in [4.78, 5) is 3.05. The second-order valence-electron chi connectivity index (χ2n) is 5.26. The molecule has 184 valence electrons. The summed E-state index contributed by atoms with van der Waals surface area (Å²) in [5, 5.41) is 8.87. The van der Waals surface area contributed by atoms with E-state index in [2.05, 4.69) is 9.71 Å². The van der Waals surface area contributed by atoms with Gasteiger partial charge in [-0.1, -0.05) is 30.3 Å². The van der Waals surface area contributed by atoms with Crippen molar-refractivity contribution >= 4 is 45.5 Å². The third kappa shape index (κ3) is 21.5. The average Bonchev–Trinajstić information content (AvgIpc) is 2.48. The van der Waals surface area contributed by atoms with E-state index in [1.54, 1.807) is 24.3 Å². The molecule has 0 atom stereocenters. The molecule has 0 aliphatic heterocycles. The fourth-order valence-electron chi connectivity index (χ4n) is 1.69. The van der Waals surface area contributed by atoms with Crippen molar-refractivity contribution in [2.24, 2.45) is 0 Å². The van der Waals surface area contributed by atoms with E-state index in [9.17, 15) is 44.1 Å². The van der Waals surface area contributed by atoms with Gasteiger partial charge in [0.2, 0.25) is 5.39 Å². The summed E-state index contributed by atoms with van der Waals surface area (Å²) in [6.45, 7) is 0. The number of rotatable bonds is 2. The Hall–Kier alpha value is -1.68. The molecule has 19 heteroatoms. The van der Waals surface area contributed by atoms with Gasteiger partial charge in [-0.05, 0) is 12.1 Å². The van der Waals surface area contributed by atoms with Crippen molar-refractivity contribution in [3.05, 3.63) is 53.5 Å². The summed E-state index contributed by atoms with van der Waals surface area (Å²) in [5.41, 5.74) is 0.721. The number of benzene rings is 2. The van der Waals surface area contributed by atoms with Crippen LogP contribution in [0.4, 0.5) is 49.8 Å². The third-order valence-electron chi connectivity index (χ3n) is 2.41. The van der Waals surface area contributed by atoms with Gasteiger partial charge in [0.1, 0.15) is 5.75 Å². The molecule has 2 aromatic rings. The van der Waals surface area contributed by atoms with E-state index in [-0.39, 0.29) is 17.0 Å². The Morgan fingerprint density at radius 3 is 1.44 bits per heavy atom. The van der Waals surface area contributed by atoms with E-state index in [4.69, 9.17) is 5.39 Å². The second-order valence-corrected chi connectivity index (χ2v) is 14.4. The standard InChI is InChI=1S/C13H8F3N2O.11FH.2Sb/c14-13(15,16)19-12-8-4-2-6-10(12)9-5-1-3-7-11(9)18-17;;;;;;;;;;;;;/h1-8H;11*1H;;/q+1;;;;;;;;;;;;2*+5/p-11. The number of nitrogens with zero attached hydrogens (tertiary/aromatic N) is 2. The Morgan fingerprint density at radius 1 is 0.719 bits per heavy atom. The van der Waals surface area contributed by atoms with Gasteiger partial charge in [0.25, 0.3) is 0 Å². The molecule has 2 aromatic carbocycles. The fourth-order valence-corrected chi connectivity index (χ4v) is 1.69. The molecule has 0 saturated carbocycles. The van der Waals surface area contributed by atoms with Gasteiger partial charge < -0.3 is 4.74 Å². The van der Waals surface area contributed by atoms with Crippen molar-refractivity contribution in [1.29, 1.82) is 5.39 Å². The molecule has 0 saturated heterocycles. The molecule has 0 bridgehead atoms.